The van der Waals surface area contributed by atoms with Crippen molar-refractivity contribution in [2.45, 2.75) is 296 Å². The van der Waals surface area contributed by atoms with Gasteiger partial charge >= 0.3 is 43.2 Å². The number of carbonyl (C=O) groups excluding carboxylic acids is 2. The minimum absolute atomic E-state index is 0.00163. The second kappa shape index (κ2) is 60.5. The van der Waals surface area contributed by atoms with E-state index in [0.29, 0.717) is 62.9 Å². The predicted octanol–water partition coefficient (Wildman–Crippen LogP) is 28.1. The summed E-state index contributed by atoms with van der Waals surface area (Å²) in [6, 6.07) is 79.9. The average molecular weight is 1860 g/mol. The molecule has 1 aliphatic rings. The summed E-state index contributed by atoms with van der Waals surface area (Å²) < 4.78 is 177. The van der Waals surface area contributed by atoms with Crippen molar-refractivity contribution in [3.8, 4) is 0 Å². The van der Waals surface area contributed by atoms with Gasteiger partial charge in [-0.3, -0.25) is 63.9 Å². The lowest BCUT2D eigenvalue weighted by Crippen LogP contribution is -2.67. The molecule has 0 radical (unpaired) electrons. The summed E-state index contributed by atoms with van der Waals surface area (Å²) in [7, 11) is -21.5. The van der Waals surface area contributed by atoms with Crippen LogP contribution in [0.3, 0.4) is 0 Å². The van der Waals surface area contributed by atoms with Crippen molar-refractivity contribution >= 4 is 43.2 Å². The van der Waals surface area contributed by atoms with Crippen molar-refractivity contribution in [3.05, 3.63) is 323 Å². The van der Waals surface area contributed by atoms with Crippen molar-refractivity contribution < 1.29 is 101 Å². The van der Waals surface area contributed by atoms with Gasteiger partial charge in [0.1, 0.15) is 43.2 Å². The third-order valence-corrected chi connectivity index (χ3v) is 27.8. The Morgan fingerprint density at radius 1 is 0.231 bits per heavy atom. The van der Waals surface area contributed by atoms with Crippen molar-refractivity contribution in [1.82, 2.24) is 0 Å². The number of esters is 2. The fourth-order valence-electron chi connectivity index (χ4n) is 15.0. The van der Waals surface area contributed by atoms with Gasteiger partial charge in [0, 0.05) is 12.8 Å². The maximum Gasteiger partial charge on any atom is 0.475 e. The SMILES string of the molecule is CCCCCCCCCCCCCCCC(=O)OC[C@@H](COP(=O)(OCc1ccccc1)O[C@@H]1[C@H](OCc2ccccc2)[C@H](OP(=O)(OCc2ccccc2)OCc2ccccc2)[C@@H](OCc2ccccc2)[C@H](OP(=O)(OCc2ccccc2)OCc2ccccc2)[C@H]1OP(=O)(OCc1ccccc1)OCc1ccccc1)OC(=O)CCCCCCCCCCCCCCC. The Hall–Kier alpha value is -7.72. The maximum atomic E-state index is 17.4. The van der Waals surface area contributed by atoms with Gasteiger partial charge in [0.05, 0.1) is 66.1 Å². The van der Waals surface area contributed by atoms with Crippen LogP contribution in [0.25, 0.3) is 0 Å². The zero-order valence-electron chi connectivity index (χ0n) is 75.9. The molecule has 1 fully saturated rings. The molecule has 8 atom stereocenters. The van der Waals surface area contributed by atoms with Crippen LogP contribution in [0, 0.1) is 0 Å². The first-order chi connectivity index (χ1) is 63.6. The van der Waals surface area contributed by atoms with Crippen LogP contribution in [-0.4, -0.2) is 67.9 Å². The Kier molecular flexibility index (Phi) is 48.6. The normalized spacial score (nSPS) is 16.7. The number of rotatable bonds is 69. The minimum Gasteiger partial charge on any atom is -0.462 e. The molecule has 130 heavy (non-hydrogen) atoms. The number of benzene rings is 9. The highest BCUT2D eigenvalue weighted by Crippen LogP contribution is 2.63. The average Bonchev–Trinajstić information content (AvgIpc) is 0.739. The molecule has 704 valence electrons. The molecule has 9 aromatic carbocycles. The molecule has 26 heteroatoms. The van der Waals surface area contributed by atoms with Crippen LogP contribution >= 0.6 is 31.3 Å². The lowest BCUT2D eigenvalue weighted by atomic mass is 9.84. The zero-order chi connectivity index (χ0) is 91.1. The number of hydrogen-bond donors (Lipinski definition) is 0. The molecule has 0 N–H and O–H groups in total. The van der Waals surface area contributed by atoms with Crippen LogP contribution in [0.15, 0.2) is 273 Å². The van der Waals surface area contributed by atoms with E-state index < -0.39 is 132 Å². The van der Waals surface area contributed by atoms with Crippen molar-refractivity contribution in [2.24, 2.45) is 0 Å². The fourth-order valence-corrected chi connectivity index (χ4v) is 20.4. The van der Waals surface area contributed by atoms with E-state index >= 15 is 18.3 Å². The van der Waals surface area contributed by atoms with E-state index in [9.17, 15) is 9.59 Å². The second-order valence-electron chi connectivity index (χ2n) is 33.0. The molecule has 1 saturated carbocycles. The van der Waals surface area contributed by atoms with E-state index in [2.05, 4.69) is 13.8 Å². The van der Waals surface area contributed by atoms with Gasteiger partial charge in [-0.25, -0.2) is 18.3 Å². The molecular formula is C104H136O22P4. The van der Waals surface area contributed by atoms with Crippen molar-refractivity contribution in [3.63, 3.8) is 0 Å². The van der Waals surface area contributed by atoms with Gasteiger partial charge in [0.25, 0.3) is 0 Å². The van der Waals surface area contributed by atoms with E-state index in [1.165, 1.54) is 96.3 Å². The number of ether oxygens (including phenoxy) is 4. The monoisotopic (exact) mass is 1860 g/mol. The number of unbranched alkanes of at least 4 members (excludes halogenated alkanes) is 24. The van der Waals surface area contributed by atoms with Crippen LogP contribution < -0.4 is 0 Å². The third-order valence-electron chi connectivity index (χ3n) is 22.3. The Morgan fingerprint density at radius 2 is 0.423 bits per heavy atom. The highest BCUT2D eigenvalue weighted by atomic mass is 31.2. The second-order valence-corrected chi connectivity index (χ2v) is 39.5. The van der Waals surface area contributed by atoms with E-state index in [-0.39, 0.29) is 39.3 Å². The van der Waals surface area contributed by atoms with Gasteiger partial charge in [-0.05, 0) is 62.9 Å². The summed E-state index contributed by atoms with van der Waals surface area (Å²) in [6.45, 7) is -0.509. The van der Waals surface area contributed by atoms with E-state index in [1.807, 2.05) is 36.4 Å². The molecule has 0 heterocycles. The largest absolute Gasteiger partial charge is 0.475 e. The molecule has 0 spiro atoms. The molecule has 0 aromatic heterocycles. The predicted molar refractivity (Wildman–Crippen MR) is 506 cm³/mol. The van der Waals surface area contributed by atoms with Gasteiger partial charge in [0.15, 0.2) is 6.10 Å². The molecule has 10 rings (SSSR count). The Labute approximate surface area is 771 Å². The van der Waals surface area contributed by atoms with Crippen molar-refractivity contribution in [1.29, 1.82) is 0 Å². The molecular weight excluding hydrogens is 1730 g/mol. The molecule has 1 aliphatic carbocycles. The first-order valence-electron chi connectivity index (χ1n) is 46.9. The minimum atomic E-state index is -5.58. The standard InChI is InChI=1S/C104H136O22P4/c1-3-5-7-9-11-13-15-17-19-21-23-25-54-74-97(105)111-85-96(122-98(106)75-55-26-24-22-20-18-16-14-12-10-8-6-4-2)86-121-130(110,120-84-95-72-52-35-53-73-95)125-103-100(113-77-88-58-38-28-39-59-88)101(123-127(107,114-78-89-60-40-29-41-61-89)115-79-90-62-42-30-43-63-90)99(112-76-87-56-36-27-37-57-87)102(124-128(108,116-80-91-64-44-31-45-65-91)117-81-92-66-46-32-47-67-92)104(103)126-129(109,118-82-93-68-48-33-49-69-93)119-83-94-70-50-34-51-71-94/h27-53,56-73,96,99-104H,3-26,54-55,74-86H2,1-2H3/t96-,99+,100+,101+,102-,103+,104+,130?/m0/s1. The van der Waals surface area contributed by atoms with E-state index in [4.69, 9.17) is 73.2 Å². The molecule has 1 unspecified atom stereocenters. The summed E-state index contributed by atoms with van der Waals surface area (Å²) >= 11 is 0. The van der Waals surface area contributed by atoms with E-state index in [0.717, 1.165) is 57.8 Å². The van der Waals surface area contributed by atoms with Gasteiger partial charge in [0.2, 0.25) is 0 Å². The molecule has 0 saturated heterocycles. The summed E-state index contributed by atoms with van der Waals surface area (Å²) in [4.78, 5) is 28.5. The quantitative estimate of drug-likeness (QED) is 0.0195. The Bertz CT molecular complexity index is 4550. The van der Waals surface area contributed by atoms with Gasteiger partial charge in [-0.15, -0.1) is 0 Å². The first kappa shape index (κ1) is 104. The lowest BCUT2D eigenvalue weighted by molar-refractivity contribution is -0.241. The lowest BCUT2D eigenvalue weighted by Gasteiger charge is -2.50. The summed E-state index contributed by atoms with van der Waals surface area (Å²) in [5, 5.41) is 0. The van der Waals surface area contributed by atoms with Crippen LogP contribution in [0.1, 0.15) is 244 Å². The van der Waals surface area contributed by atoms with Gasteiger partial charge in [-0.2, -0.15) is 0 Å². The topological polar surface area (TPSA) is 250 Å². The molecule has 0 bridgehead atoms. The third kappa shape index (κ3) is 40.6. The van der Waals surface area contributed by atoms with Crippen molar-refractivity contribution in [2.75, 3.05) is 13.2 Å². The summed E-state index contributed by atoms with van der Waals surface area (Å²) in [5.74, 6) is -1.18. The van der Waals surface area contributed by atoms with Crippen LogP contribution in [0.4, 0.5) is 0 Å². The first-order valence-corrected chi connectivity index (χ1v) is 52.7. The maximum absolute atomic E-state index is 17.4. The fraction of sp³-hybridized carbons (Fsp3) is 0.462. The molecule has 0 aliphatic heterocycles. The number of hydrogen-bond acceptors (Lipinski definition) is 22. The smallest absolute Gasteiger partial charge is 0.462 e. The summed E-state index contributed by atoms with van der Waals surface area (Å²) in [6.07, 6.45) is 14.6. The number of carbonyl (C=O) groups is 2. The number of phosphoric ester groups is 4. The van der Waals surface area contributed by atoms with Crippen LogP contribution in [0.5, 0.6) is 0 Å². The Balaban J connectivity index is 1.11. The molecule has 9 aromatic rings. The Morgan fingerprint density at radius 3 is 0.662 bits per heavy atom. The summed E-state index contributed by atoms with van der Waals surface area (Å²) in [5.41, 5.74) is 4.78. The van der Waals surface area contributed by atoms with Gasteiger partial charge < -0.3 is 18.9 Å². The van der Waals surface area contributed by atoms with Gasteiger partial charge in [-0.1, -0.05) is 441 Å². The highest BCUT2D eigenvalue weighted by Gasteiger charge is 2.63. The number of phosphoric acid groups is 4. The van der Waals surface area contributed by atoms with E-state index in [1.54, 1.807) is 237 Å². The van der Waals surface area contributed by atoms with Crippen LogP contribution in [0.2, 0.25) is 0 Å². The molecule has 22 nitrogen and oxygen atoms in total. The molecule has 0 amide bonds. The van der Waals surface area contributed by atoms with Crippen LogP contribution in [-0.2, 0) is 161 Å². The highest BCUT2D eigenvalue weighted by molar-refractivity contribution is 7.49. The zero-order valence-corrected chi connectivity index (χ0v) is 79.4.